The van der Waals surface area contributed by atoms with E-state index in [0.29, 0.717) is 13.2 Å². The number of aliphatic hydroxyl groups excluding tert-OH is 1. The molecule has 0 aliphatic rings. The zero-order valence-electron chi connectivity index (χ0n) is 10.7. The van der Waals surface area contributed by atoms with Crippen LogP contribution in [0.15, 0.2) is 24.3 Å². The number of methoxy groups -OCH3 is 1. The van der Waals surface area contributed by atoms with Gasteiger partial charge in [0.2, 0.25) is 0 Å². The number of rotatable bonds is 7. The van der Waals surface area contributed by atoms with Crippen LogP contribution < -0.4 is 10.1 Å². The predicted octanol–water partition coefficient (Wildman–Crippen LogP) is 0.881. The molecule has 1 aromatic carbocycles. The highest BCUT2D eigenvalue weighted by Gasteiger charge is 2.08. The Morgan fingerprint density at radius 1 is 1.39 bits per heavy atom. The molecule has 0 aliphatic heterocycles. The Labute approximate surface area is 107 Å². The highest BCUT2D eigenvalue weighted by Crippen LogP contribution is 2.16. The van der Waals surface area contributed by atoms with E-state index in [2.05, 4.69) is 5.32 Å². The SMILES string of the molecule is CCOC(=O)CNCC(O)c1ccc(OC)cc1. The van der Waals surface area contributed by atoms with E-state index in [1.54, 1.807) is 38.3 Å². The predicted molar refractivity (Wildman–Crippen MR) is 67.5 cm³/mol. The first-order valence-electron chi connectivity index (χ1n) is 5.85. The Hall–Kier alpha value is -1.59. The largest absolute Gasteiger partial charge is 0.497 e. The lowest BCUT2D eigenvalue weighted by atomic mass is 10.1. The number of benzene rings is 1. The van der Waals surface area contributed by atoms with Gasteiger partial charge in [0.15, 0.2) is 0 Å². The number of esters is 1. The third-order valence-corrected chi connectivity index (χ3v) is 2.41. The first kappa shape index (κ1) is 14.5. The van der Waals surface area contributed by atoms with Gasteiger partial charge in [-0.1, -0.05) is 12.1 Å². The molecule has 0 heterocycles. The second-order valence-corrected chi connectivity index (χ2v) is 3.72. The lowest BCUT2D eigenvalue weighted by molar-refractivity contribution is -0.142. The molecule has 1 unspecified atom stereocenters. The Kier molecular flexibility index (Phi) is 6.18. The number of carbonyl (C=O) groups excluding carboxylic acids is 1. The monoisotopic (exact) mass is 253 g/mol. The van der Waals surface area contributed by atoms with Gasteiger partial charge in [0.1, 0.15) is 5.75 Å². The normalized spacial score (nSPS) is 11.9. The minimum absolute atomic E-state index is 0.0983. The van der Waals surface area contributed by atoms with Gasteiger partial charge in [-0.15, -0.1) is 0 Å². The van der Waals surface area contributed by atoms with Crippen LogP contribution in [0.25, 0.3) is 0 Å². The highest BCUT2D eigenvalue weighted by atomic mass is 16.5. The molecule has 1 rings (SSSR count). The molecular formula is C13H19NO4. The van der Waals surface area contributed by atoms with Gasteiger partial charge in [0, 0.05) is 6.54 Å². The van der Waals surface area contributed by atoms with Crippen molar-refractivity contribution in [1.29, 1.82) is 0 Å². The van der Waals surface area contributed by atoms with Gasteiger partial charge >= 0.3 is 5.97 Å². The van der Waals surface area contributed by atoms with Crippen LogP contribution in [0.2, 0.25) is 0 Å². The zero-order chi connectivity index (χ0) is 13.4. The number of carbonyl (C=O) groups is 1. The minimum Gasteiger partial charge on any atom is -0.497 e. The molecule has 0 fully saturated rings. The highest BCUT2D eigenvalue weighted by molar-refractivity contribution is 5.71. The summed E-state index contributed by atoms with van der Waals surface area (Å²) in [5.74, 6) is 0.421. The average Bonchev–Trinajstić information content (AvgIpc) is 2.39. The lowest BCUT2D eigenvalue weighted by Crippen LogP contribution is -2.28. The molecule has 0 amide bonds. The second-order valence-electron chi connectivity index (χ2n) is 3.72. The molecule has 5 heteroatoms. The number of hydrogen-bond donors (Lipinski definition) is 2. The first-order chi connectivity index (χ1) is 8.67. The summed E-state index contributed by atoms with van der Waals surface area (Å²) < 4.78 is 9.79. The average molecular weight is 253 g/mol. The molecule has 1 aromatic rings. The maximum atomic E-state index is 11.1. The van der Waals surface area contributed by atoms with Crippen LogP contribution in [0, 0.1) is 0 Å². The minimum atomic E-state index is -0.662. The van der Waals surface area contributed by atoms with Crippen LogP contribution in [0.3, 0.4) is 0 Å². The first-order valence-corrected chi connectivity index (χ1v) is 5.85. The quantitative estimate of drug-likeness (QED) is 0.706. The van der Waals surface area contributed by atoms with Crippen molar-refractivity contribution in [2.45, 2.75) is 13.0 Å². The summed E-state index contributed by atoms with van der Waals surface area (Å²) in [6, 6.07) is 7.14. The smallest absolute Gasteiger partial charge is 0.319 e. The van der Waals surface area contributed by atoms with Gasteiger partial charge < -0.3 is 19.9 Å². The molecule has 100 valence electrons. The van der Waals surface area contributed by atoms with Crippen molar-refractivity contribution in [3.63, 3.8) is 0 Å². The van der Waals surface area contributed by atoms with Crippen molar-refractivity contribution in [2.24, 2.45) is 0 Å². The molecular weight excluding hydrogens is 234 g/mol. The van der Waals surface area contributed by atoms with Crippen molar-refractivity contribution in [3.05, 3.63) is 29.8 Å². The molecule has 0 spiro atoms. The molecule has 0 saturated heterocycles. The summed E-state index contributed by atoms with van der Waals surface area (Å²) in [6.45, 7) is 2.51. The Morgan fingerprint density at radius 3 is 2.61 bits per heavy atom. The summed E-state index contributed by atoms with van der Waals surface area (Å²) in [4.78, 5) is 11.1. The number of hydrogen-bond acceptors (Lipinski definition) is 5. The topological polar surface area (TPSA) is 67.8 Å². The van der Waals surface area contributed by atoms with E-state index in [-0.39, 0.29) is 12.5 Å². The van der Waals surface area contributed by atoms with Gasteiger partial charge in [-0.05, 0) is 24.6 Å². The van der Waals surface area contributed by atoms with E-state index >= 15 is 0 Å². The second kappa shape index (κ2) is 7.68. The van der Waals surface area contributed by atoms with E-state index < -0.39 is 6.10 Å². The van der Waals surface area contributed by atoms with Crippen molar-refractivity contribution in [1.82, 2.24) is 5.32 Å². The molecule has 0 aromatic heterocycles. The molecule has 0 saturated carbocycles. The molecule has 0 radical (unpaired) electrons. The molecule has 0 bridgehead atoms. The third-order valence-electron chi connectivity index (χ3n) is 2.41. The fourth-order valence-corrected chi connectivity index (χ4v) is 1.47. The van der Waals surface area contributed by atoms with Crippen LogP contribution in [-0.4, -0.2) is 37.9 Å². The Morgan fingerprint density at radius 2 is 2.06 bits per heavy atom. The van der Waals surface area contributed by atoms with Crippen LogP contribution in [0.4, 0.5) is 0 Å². The van der Waals surface area contributed by atoms with Crippen molar-refractivity contribution in [2.75, 3.05) is 26.8 Å². The molecule has 2 N–H and O–H groups in total. The fourth-order valence-electron chi connectivity index (χ4n) is 1.47. The summed E-state index contributed by atoms with van der Waals surface area (Å²) in [5.41, 5.74) is 0.771. The van der Waals surface area contributed by atoms with Gasteiger partial charge in [-0.25, -0.2) is 0 Å². The standard InChI is InChI=1S/C13H19NO4/c1-3-18-13(16)9-14-8-12(15)10-4-6-11(17-2)7-5-10/h4-7,12,14-15H,3,8-9H2,1-2H3. The fraction of sp³-hybridized carbons (Fsp3) is 0.462. The zero-order valence-corrected chi connectivity index (χ0v) is 10.7. The van der Waals surface area contributed by atoms with Gasteiger partial charge in [0.25, 0.3) is 0 Å². The molecule has 0 aliphatic carbocycles. The van der Waals surface area contributed by atoms with E-state index in [4.69, 9.17) is 9.47 Å². The van der Waals surface area contributed by atoms with Crippen LogP contribution in [-0.2, 0) is 9.53 Å². The van der Waals surface area contributed by atoms with Crippen LogP contribution >= 0.6 is 0 Å². The summed E-state index contributed by atoms with van der Waals surface area (Å²) >= 11 is 0. The summed E-state index contributed by atoms with van der Waals surface area (Å²) in [7, 11) is 1.59. The maximum Gasteiger partial charge on any atom is 0.319 e. The van der Waals surface area contributed by atoms with E-state index in [9.17, 15) is 9.90 Å². The Balaban J connectivity index is 2.35. The number of aliphatic hydroxyl groups is 1. The van der Waals surface area contributed by atoms with Crippen LogP contribution in [0.1, 0.15) is 18.6 Å². The molecule has 1 atom stereocenters. The van der Waals surface area contributed by atoms with Crippen molar-refractivity contribution in [3.8, 4) is 5.75 Å². The van der Waals surface area contributed by atoms with Gasteiger partial charge in [-0.2, -0.15) is 0 Å². The summed E-state index contributed by atoms with van der Waals surface area (Å²) in [5, 5.41) is 12.7. The van der Waals surface area contributed by atoms with Gasteiger partial charge in [-0.3, -0.25) is 4.79 Å². The van der Waals surface area contributed by atoms with E-state index in [1.165, 1.54) is 0 Å². The number of nitrogens with one attached hydrogen (secondary N) is 1. The van der Waals surface area contributed by atoms with Gasteiger partial charge in [0.05, 0.1) is 26.4 Å². The third kappa shape index (κ3) is 4.73. The molecule has 18 heavy (non-hydrogen) atoms. The van der Waals surface area contributed by atoms with E-state index in [0.717, 1.165) is 11.3 Å². The lowest BCUT2D eigenvalue weighted by Gasteiger charge is -2.12. The van der Waals surface area contributed by atoms with Crippen molar-refractivity contribution >= 4 is 5.97 Å². The maximum absolute atomic E-state index is 11.1. The van der Waals surface area contributed by atoms with Crippen LogP contribution in [0.5, 0.6) is 5.75 Å². The number of ether oxygens (including phenoxy) is 2. The summed E-state index contributed by atoms with van der Waals surface area (Å²) in [6.07, 6.45) is -0.662. The molecule has 5 nitrogen and oxygen atoms in total. The van der Waals surface area contributed by atoms with Crippen molar-refractivity contribution < 1.29 is 19.4 Å². The Bertz CT molecular complexity index is 364. The van der Waals surface area contributed by atoms with E-state index in [1.807, 2.05) is 0 Å².